The first kappa shape index (κ1) is 19.8. The van der Waals surface area contributed by atoms with Crippen LogP contribution in [-0.4, -0.2) is 30.6 Å². The highest BCUT2D eigenvalue weighted by Crippen LogP contribution is 2.51. The van der Waals surface area contributed by atoms with Crippen molar-refractivity contribution in [1.29, 1.82) is 0 Å². The lowest BCUT2D eigenvalue weighted by Crippen LogP contribution is -2.32. The third-order valence-corrected chi connectivity index (χ3v) is 6.59. The van der Waals surface area contributed by atoms with Crippen molar-refractivity contribution in [3.05, 3.63) is 102 Å². The number of hydrogen-bond donors (Lipinski definition) is 1. The van der Waals surface area contributed by atoms with Gasteiger partial charge in [-0.3, -0.25) is 4.90 Å². The lowest BCUT2D eigenvalue weighted by atomic mass is 10.0. The van der Waals surface area contributed by atoms with Crippen molar-refractivity contribution < 1.29 is 9.53 Å². The maximum absolute atomic E-state index is 12.4. The number of benzene rings is 3. The van der Waals surface area contributed by atoms with E-state index in [0.29, 0.717) is 30.0 Å². The Balaban J connectivity index is 1.09. The average molecular weight is 413 g/mol. The van der Waals surface area contributed by atoms with Crippen LogP contribution in [0.2, 0.25) is 0 Å². The van der Waals surface area contributed by atoms with Crippen LogP contribution in [0.3, 0.4) is 0 Å². The number of hydrogen-bond acceptors (Lipinski definition) is 3. The SMILES string of the molecule is O=C(NCC1C2CN(Cc3ccccc3)CC12)Oc1ccccc1Cc1ccccc1. The van der Waals surface area contributed by atoms with Gasteiger partial charge in [-0.1, -0.05) is 78.9 Å². The van der Waals surface area contributed by atoms with Crippen molar-refractivity contribution in [3.63, 3.8) is 0 Å². The van der Waals surface area contributed by atoms with Crippen LogP contribution in [0.25, 0.3) is 0 Å². The molecule has 1 aliphatic heterocycles. The molecule has 2 fully saturated rings. The summed E-state index contributed by atoms with van der Waals surface area (Å²) in [6.45, 7) is 3.98. The number of rotatable bonds is 7. The fourth-order valence-electron chi connectivity index (χ4n) is 4.91. The van der Waals surface area contributed by atoms with Gasteiger partial charge in [0.25, 0.3) is 0 Å². The molecule has 0 radical (unpaired) electrons. The second-order valence-corrected chi connectivity index (χ2v) is 8.71. The van der Waals surface area contributed by atoms with Gasteiger partial charge in [0, 0.05) is 32.6 Å². The van der Waals surface area contributed by atoms with E-state index in [1.807, 2.05) is 42.5 Å². The van der Waals surface area contributed by atoms with Crippen LogP contribution in [0.1, 0.15) is 16.7 Å². The first-order chi connectivity index (χ1) is 15.3. The van der Waals surface area contributed by atoms with E-state index in [0.717, 1.165) is 31.6 Å². The number of amides is 1. The molecule has 1 N–H and O–H groups in total. The Bertz CT molecular complexity index is 1010. The monoisotopic (exact) mass is 412 g/mol. The summed E-state index contributed by atoms with van der Waals surface area (Å²) in [5.74, 6) is 2.62. The predicted octanol–water partition coefficient (Wildman–Crippen LogP) is 4.74. The zero-order valence-electron chi connectivity index (χ0n) is 17.6. The second kappa shape index (κ2) is 8.94. The van der Waals surface area contributed by atoms with Crippen LogP contribution >= 0.6 is 0 Å². The first-order valence-electron chi connectivity index (χ1n) is 11.1. The largest absolute Gasteiger partial charge is 0.412 e. The van der Waals surface area contributed by atoms with E-state index in [9.17, 15) is 4.79 Å². The van der Waals surface area contributed by atoms with Gasteiger partial charge in [-0.25, -0.2) is 4.79 Å². The lowest BCUT2D eigenvalue weighted by Gasteiger charge is -2.19. The van der Waals surface area contributed by atoms with E-state index in [1.54, 1.807) is 0 Å². The average Bonchev–Trinajstić information content (AvgIpc) is 3.26. The van der Waals surface area contributed by atoms with Gasteiger partial charge in [0.15, 0.2) is 0 Å². The molecular weight excluding hydrogens is 384 g/mol. The van der Waals surface area contributed by atoms with Gasteiger partial charge < -0.3 is 10.1 Å². The van der Waals surface area contributed by atoms with Crippen molar-refractivity contribution in [1.82, 2.24) is 10.2 Å². The molecule has 158 valence electrons. The van der Waals surface area contributed by atoms with E-state index < -0.39 is 0 Å². The molecule has 1 amide bonds. The molecule has 0 spiro atoms. The van der Waals surface area contributed by atoms with Crippen LogP contribution in [-0.2, 0) is 13.0 Å². The summed E-state index contributed by atoms with van der Waals surface area (Å²) in [4.78, 5) is 15.0. The standard InChI is InChI=1S/C27H28N2O2/c30-27(31-26-14-8-7-13-22(26)15-20-9-3-1-4-10-20)28-16-23-24-18-29(19-25(23)24)17-21-11-5-2-6-12-21/h1-14,23-25H,15-19H2,(H,28,30). The summed E-state index contributed by atoms with van der Waals surface area (Å²) in [5.41, 5.74) is 3.59. The molecule has 0 aromatic heterocycles. The highest BCUT2D eigenvalue weighted by Gasteiger charge is 2.55. The Morgan fingerprint density at radius 1 is 0.839 bits per heavy atom. The molecule has 31 heavy (non-hydrogen) atoms. The molecule has 1 saturated heterocycles. The molecule has 3 aromatic carbocycles. The lowest BCUT2D eigenvalue weighted by molar-refractivity contribution is 0.198. The molecule has 4 heteroatoms. The molecule has 1 heterocycles. The number of likely N-dealkylation sites (tertiary alicyclic amines) is 1. The van der Waals surface area contributed by atoms with Gasteiger partial charge in [0.05, 0.1) is 0 Å². The molecule has 0 bridgehead atoms. The Morgan fingerprint density at radius 2 is 1.45 bits per heavy atom. The molecule has 2 unspecified atom stereocenters. The summed E-state index contributed by atoms with van der Waals surface area (Å²) < 4.78 is 5.66. The number of nitrogens with one attached hydrogen (secondary N) is 1. The smallest absolute Gasteiger partial charge is 0.410 e. The van der Waals surface area contributed by atoms with Crippen molar-refractivity contribution in [2.24, 2.45) is 17.8 Å². The minimum atomic E-state index is -0.355. The van der Waals surface area contributed by atoms with Crippen LogP contribution in [0.5, 0.6) is 5.75 Å². The third kappa shape index (κ3) is 4.80. The highest BCUT2D eigenvalue weighted by molar-refractivity contribution is 5.71. The molecular formula is C27H28N2O2. The number of carbonyl (C=O) groups is 1. The van der Waals surface area contributed by atoms with Crippen molar-refractivity contribution >= 4 is 6.09 Å². The van der Waals surface area contributed by atoms with Gasteiger partial charge in [0.1, 0.15) is 5.75 Å². The predicted molar refractivity (Wildman–Crippen MR) is 122 cm³/mol. The second-order valence-electron chi connectivity index (χ2n) is 8.71. The fraction of sp³-hybridized carbons (Fsp3) is 0.296. The van der Waals surface area contributed by atoms with Gasteiger partial charge >= 0.3 is 6.09 Å². The summed E-state index contributed by atoms with van der Waals surface area (Å²) in [6.07, 6.45) is 0.389. The minimum absolute atomic E-state index is 0.355. The summed E-state index contributed by atoms with van der Waals surface area (Å²) in [5, 5.41) is 3.00. The van der Waals surface area contributed by atoms with Gasteiger partial charge in [0.2, 0.25) is 0 Å². The quantitative estimate of drug-likeness (QED) is 0.609. The van der Waals surface area contributed by atoms with Crippen molar-refractivity contribution in [2.45, 2.75) is 13.0 Å². The Hall–Kier alpha value is -3.11. The normalized spacial score (nSPS) is 22.0. The molecule has 5 rings (SSSR count). The third-order valence-electron chi connectivity index (χ3n) is 6.59. The van der Waals surface area contributed by atoms with Crippen molar-refractivity contribution in [2.75, 3.05) is 19.6 Å². The Labute approximate surface area is 183 Å². The first-order valence-corrected chi connectivity index (χ1v) is 11.1. The van der Waals surface area contributed by atoms with Crippen molar-refractivity contribution in [3.8, 4) is 5.75 Å². The topological polar surface area (TPSA) is 41.6 Å². The van der Waals surface area contributed by atoms with Gasteiger partial charge in [-0.2, -0.15) is 0 Å². The number of ether oxygens (including phenoxy) is 1. The van der Waals surface area contributed by atoms with Gasteiger partial charge in [-0.15, -0.1) is 0 Å². The molecule has 1 saturated carbocycles. The molecule has 4 nitrogen and oxygen atoms in total. The van der Waals surface area contributed by atoms with Crippen LogP contribution in [0.15, 0.2) is 84.9 Å². The maximum atomic E-state index is 12.4. The molecule has 2 atom stereocenters. The summed E-state index contributed by atoms with van der Waals surface area (Å²) in [6, 6.07) is 28.6. The Kier molecular flexibility index (Phi) is 5.72. The zero-order valence-corrected chi connectivity index (χ0v) is 17.6. The highest BCUT2D eigenvalue weighted by atomic mass is 16.6. The maximum Gasteiger partial charge on any atom is 0.412 e. The van der Waals surface area contributed by atoms with Crippen LogP contribution in [0, 0.1) is 17.8 Å². The van der Waals surface area contributed by atoms with E-state index in [-0.39, 0.29) is 6.09 Å². The molecule has 2 aliphatic rings. The summed E-state index contributed by atoms with van der Waals surface area (Å²) in [7, 11) is 0. The molecule has 3 aromatic rings. The summed E-state index contributed by atoms with van der Waals surface area (Å²) >= 11 is 0. The Morgan fingerprint density at radius 3 is 2.16 bits per heavy atom. The van der Waals surface area contributed by atoms with Crippen LogP contribution in [0.4, 0.5) is 4.79 Å². The van der Waals surface area contributed by atoms with E-state index >= 15 is 0 Å². The zero-order chi connectivity index (χ0) is 21.0. The van der Waals surface area contributed by atoms with E-state index in [2.05, 4.69) is 52.7 Å². The number of fused-ring (bicyclic) bond motifs is 1. The van der Waals surface area contributed by atoms with E-state index in [4.69, 9.17) is 4.74 Å². The number of carbonyl (C=O) groups excluding carboxylic acids is 1. The number of para-hydroxylation sites is 1. The van der Waals surface area contributed by atoms with E-state index in [1.165, 1.54) is 11.1 Å². The number of nitrogens with zero attached hydrogens (tertiary/aromatic N) is 1. The van der Waals surface area contributed by atoms with Gasteiger partial charge in [-0.05, 0) is 40.5 Å². The number of piperidine rings is 1. The van der Waals surface area contributed by atoms with Crippen LogP contribution < -0.4 is 10.1 Å². The molecule has 1 aliphatic carbocycles. The minimum Gasteiger partial charge on any atom is -0.410 e. The fourth-order valence-corrected chi connectivity index (χ4v) is 4.91.